The Morgan fingerprint density at radius 2 is 1.93 bits per heavy atom. The number of piperidine rings is 1. The fraction of sp³-hybridized carbons (Fsp3) is 0.409. The van der Waals surface area contributed by atoms with E-state index in [-0.39, 0.29) is 18.6 Å². The number of anilines is 1. The van der Waals surface area contributed by atoms with E-state index in [1.54, 1.807) is 7.11 Å². The highest BCUT2D eigenvalue weighted by Crippen LogP contribution is 2.30. The molecule has 152 valence electrons. The first kappa shape index (κ1) is 19.9. The van der Waals surface area contributed by atoms with Gasteiger partial charge in [-0.2, -0.15) is 8.75 Å². The van der Waals surface area contributed by atoms with Gasteiger partial charge in [0.1, 0.15) is 17.6 Å². The molecule has 2 aromatic carbocycles. The number of hydrogen-bond acceptors (Lipinski definition) is 6. The smallest absolute Gasteiger partial charge is 0.253 e. The van der Waals surface area contributed by atoms with Gasteiger partial charge in [-0.25, -0.2) is 0 Å². The number of aromatic nitrogens is 2. The maximum atomic E-state index is 12.9. The molecule has 1 amide bonds. The summed E-state index contributed by atoms with van der Waals surface area (Å²) in [5, 5.41) is 0. The summed E-state index contributed by atoms with van der Waals surface area (Å²) >= 11 is 1.18. The molecule has 4 rings (SSSR count). The monoisotopic (exact) mass is 410 g/mol. The number of methoxy groups -OCH3 is 1. The van der Waals surface area contributed by atoms with Crippen LogP contribution in [0.2, 0.25) is 0 Å². The van der Waals surface area contributed by atoms with Crippen LogP contribution in [-0.2, 0) is 16.0 Å². The Morgan fingerprint density at radius 1 is 1.14 bits per heavy atom. The Morgan fingerprint density at radius 3 is 2.69 bits per heavy atom. The first-order valence-electron chi connectivity index (χ1n) is 10.0. The molecule has 0 aliphatic carbocycles. The average molecular weight is 411 g/mol. The van der Waals surface area contributed by atoms with Crippen LogP contribution >= 0.6 is 11.7 Å². The molecule has 6 nitrogen and oxygen atoms in total. The maximum absolute atomic E-state index is 12.9. The van der Waals surface area contributed by atoms with Crippen LogP contribution in [0.4, 0.5) is 5.69 Å². The Labute approximate surface area is 175 Å². The largest absolute Gasteiger partial charge is 0.375 e. The summed E-state index contributed by atoms with van der Waals surface area (Å²) in [7, 11) is 1.56. The molecule has 3 aromatic rings. The van der Waals surface area contributed by atoms with Crippen molar-refractivity contribution in [1.29, 1.82) is 0 Å². The number of fused-ring (bicyclic) bond motifs is 1. The Bertz CT molecular complexity index is 938. The van der Waals surface area contributed by atoms with E-state index >= 15 is 0 Å². The minimum absolute atomic E-state index is 0.0178. The van der Waals surface area contributed by atoms with E-state index < -0.39 is 0 Å². The Kier molecular flexibility index (Phi) is 6.49. The van der Waals surface area contributed by atoms with Crippen LogP contribution in [0.3, 0.4) is 0 Å². The normalized spacial score (nSPS) is 15.6. The molecule has 0 atom stereocenters. The molecule has 1 saturated heterocycles. The van der Waals surface area contributed by atoms with E-state index in [1.807, 2.05) is 23.1 Å². The van der Waals surface area contributed by atoms with E-state index in [2.05, 4.69) is 44.0 Å². The number of benzene rings is 2. The predicted molar refractivity (Wildman–Crippen MR) is 116 cm³/mol. The lowest BCUT2D eigenvalue weighted by molar-refractivity contribution is -0.122. The van der Waals surface area contributed by atoms with Crippen LogP contribution in [0.5, 0.6) is 0 Å². The summed E-state index contributed by atoms with van der Waals surface area (Å²) in [6.07, 6.45) is 2.94. The van der Waals surface area contributed by atoms with Crippen LogP contribution in [0.15, 0.2) is 48.5 Å². The minimum Gasteiger partial charge on any atom is -0.375 e. The molecule has 1 aliphatic rings. The highest BCUT2D eigenvalue weighted by atomic mass is 32.1. The second-order valence-electron chi connectivity index (χ2n) is 7.41. The quantitative estimate of drug-likeness (QED) is 0.598. The fourth-order valence-electron chi connectivity index (χ4n) is 4.05. The average Bonchev–Trinajstić information content (AvgIpc) is 3.24. The van der Waals surface area contributed by atoms with Gasteiger partial charge >= 0.3 is 0 Å². The van der Waals surface area contributed by atoms with Crippen LogP contribution in [0.1, 0.15) is 18.4 Å². The van der Waals surface area contributed by atoms with Crippen LogP contribution in [0.25, 0.3) is 11.0 Å². The topological polar surface area (TPSA) is 58.6 Å². The standard InChI is InChI=1S/C22H26N4O2S/c1-28-16-21(27)26(20-9-5-8-19-22(20)24-29-23-19)18-11-14-25(15-12-18)13-10-17-6-3-2-4-7-17/h2-9,18H,10-16H2,1H3. The van der Waals surface area contributed by atoms with Crippen LogP contribution in [0, 0.1) is 0 Å². The summed E-state index contributed by atoms with van der Waals surface area (Å²) in [5.74, 6) is -0.0178. The number of carbonyl (C=O) groups is 1. The van der Waals surface area contributed by atoms with E-state index in [9.17, 15) is 4.79 Å². The molecule has 0 bridgehead atoms. The van der Waals surface area contributed by atoms with E-state index in [1.165, 1.54) is 17.3 Å². The van der Waals surface area contributed by atoms with Crippen molar-refractivity contribution in [3.63, 3.8) is 0 Å². The Hall–Kier alpha value is -2.35. The number of rotatable bonds is 7. The number of nitrogens with zero attached hydrogens (tertiary/aromatic N) is 4. The van der Waals surface area contributed by atoms with Gasteiger partial charge in [0.2, 0.25) is 0 Å². The molecule has 0 spiro atoms. The van der Waals surface area contributed by atoms with Gasteiger partial charge < -0.3 is 14.5 Å². The van der Waals surface area contributed by atoms with Gasteiger partial charge in [0.15, 0.2) is 0 Å². The maximum Gasteiger partial charge on any atom is 0.253 e. The molecule has 1 aliphatic heterocycles. The third-order valence-electron chi connectivity index (χ3n) is 5.54. The second kappa shape index (κ2) is 9.43. The molecular formula is C22H26N4O2S. The molecule has 0 radical (unpaired) electrons. The van der Waals surface area contributed by atoms with Crippen molar-refractivity contribution < 1.29 is 9.53 Å². The predicted octanol–water partition coefficient (Wildman–Crippen LogP) is 3.38. The van der Waals surface area contributed by atoms with Crippen molar-refractivity contribution >= 4 is 34.4 Å². The van der Waals surface area contributed by atoms with Crippen molar-refractivity contribution in [2.75, 3.05) is 38.3 Å². The number of amides is 1. The van der Waals surface area contributed by atoms with Gasteiger partial charge in [-0.05, 0) is 37.0 Å². The van der Waals surface area contributed by atoms with Gasteiger partial charge in [0.25, 0.3) is 5.91 Å². The summed E-state index contributed by atoms with van der Waals surface area (Å²) in [5.41, 5.74) is 3.85. The SMILES string of the molecule is COCC(=O)N(c1cccc2nsnc12)C1CCN(CCc2ccccc2)CC1. The zero-order valence-electron chi connectivity index (χ0n) is 16.7. The van der Waals surface area contributed by atoms with Gasteiger partial charge in [-0.15, -0.1) is 0 Å². The third kappa shape index (κ3) is 4.63. The number of hydrogen-bond donors (Lipinski definition) is 0. The van der Waals surface area contributed by atoms with Crippen LogP contribution in [-0.4, -0.2) is 58.9 Å². The zero-order chi connectivity index (χ0) is 20.1. The number of ether oxygens (including phenoxy) is 1. The minimum atomic E-state index is -0.0178. The first-order chi connectivity index (χ1) is 14.3. The van der Waals surface area contributed by atoms with Gasteiger partial charge in [0, 0.05) is 32.8 Å². The van der Waals surface area contributed by atoms with Gasteiger partial charge in [0.05, 0.1) is 17.4 Å². The molecule has 1 aromatic heterocycles. The number of likely N-dealkylation sites (tertiary alicyclic amines) is 1. The molecule has 7 heteroatoms. The zero-order valence-corrected chi connectivity index (χ0v) is 17.5. The van der Waals surface area contributed by atoms with Crippen molar-refractivity contribution in [3.05, 3.63) is 54.1 Å². The lowest BCUT2D eigenvalue weighted by atomic mass is 10.0. The Balaban J connectivity index is 1.45. The lowest BCUT2D eigenvalue weighted by Crippen LogP contribution is -2.49. The van der Waals surface area contributed by atoms with Crippen molar-refractivity contribution in [2.45, 2.75) is 25.3 Å². The van der Waals surface area contributed by atoms with E-state index in [0.29, 0.717) is 0 Å². The van der Waals surface area contributed by atoms with Crippen molar-refractivity contribution in [3.8, 4) is 0 Å². The molecule has 2 heterocycles. The van der Waals surface area contributed by atoms with Crippen molar-refractivity contribution in [2.24, 2.45) is 0 Å². The van der Waals surface area contributed by atoms with Crippen LogP contribution < -0.4 is 4.90 Å². The molecule has 0 unspecified atom stereocenters. The van der Waals surface area contributed by atoms with E-state index in [4.69, 9.17) is 4.74 Å². The van der Waals surface area contributed by atoms with Gasteiger partial charge in [-0.3, -0.25) is 4.79 Å². The van der Waals surface area contributed by atoms with Gasteiger partial charge in [-0.1, -0.05) is 36.4 Å². The second-order valence-corrected chi connectivity index (χ2v) is 7.94. The molecule has 1 fully saturated rings. The van der Waals surface area contributed by atoms with Crippen molar-refractivity contribution in [1.82, 2.24) is 13.6 Å². The first-order valence-corrected chi connectivity index (χ1v) is 10.8. The molecule has 29 heavy (non-hydrogen) atoms. The summed E-state index contributed by atoms with van der Waals surface area (Å²) in [4.78, 5) is 17.3. The summed E-state index contributed by atoms with van der Waals surface area (Å²) in [6.45, 7) is 3.09. The highest BCUT2D eigenvalue weighted by Gasteiger charge is 2.30. The lowest BCUT2D eigenvalue weighted by Gasteiger charge is -2.38. The third-order valence-corrected chi connectivity index (χ3v) is 6.09. The number of carbonyl (C=O) groups excluding carboxylic acids is 1. The molecule has 0 saturated carbocycles. The van der Waals surface area contributed by atoms with E-state index in [0.717, 1.165) is 55.6 Å². The molecule has 0 N–H and O–H groups in total. The summed E-state index contributed by atoms with van der Waals surface area (Å²) < 4.78 is 13.9. The fourth-order valence-corrected chi connectivity index (χ4v) is 4.59. The molecular weight excluding hydrogens is 384 g/mol. The highest BCUT2D eigenvalue weighted by molar-refractivity contribution is 7.00. The summed E-state index contributed by atoms with van der Waals surface area (Å²) in [6, 6.07) is 16.6.